The number of anilines is 1. The summed E-state index contributed by atoms with van der Waals surface area (Å²) in [5.41, 5.74) is 7.20. The SMILES string of the molecule is O=C(NO)c1ccc(N2CCc3c([nH]c4c3C=CC=CC4)C2)nc1. The molecule has 0 saturated heterocycles. The normalized spacial score (nSPS) is 15.6. The molecule has 2 aromatic heterocycles. The van der Waals surface area contributed by atoms with Crippen molar-refractivity contribution in [1.82, 2.24) is 15.4 Å². The number of H-pyrrole nitrogens is 1. The lowest BCUT2D eigenvalue weighted by molar-refractivity contribution is 0.0706. The number of allylic oxidation sites excluding steroid dienone is 3. The molecular weight excluding hydrogens is 304 g/mol. The molecule has 3 heterocycles. The zero-order chi connectivity index (χ0) is 16.5. The van der Waals surface area contributed by atoms with Gasteiger partial charge in [-0.3, -0.25) is 10.0 Å². The van der Waals surface area contributed by atoms with Crippen LogP contribution >= 0.6 is 0 Å². The highest BCUT2D eigenvalue weighted by Gasteiger charge is 2.23. The Morgan fingerprint density at radius 2 is 2.21 bits per heavy atom. The van der Waals surface area contributed by atoms with Crippen molar-refractivity contribution < 1.29 is 10.0 Å². The van der Waals surface area contributed by atoms with E-state index in [1.54, 1.807) is 11.5 Å². The molecule has 6 nitrogen and oxygen atoms in total. The van der Waals surface area contributed by atoms with Crippen molar-refractivity contribution in [3.05, 3.63) is 64.6 Å². The summed E-state index contributed by atoms with van der Waals surface area (Å²) in [5.74, 6) is 0.276. The van der Waals surface area contributed by atoms with E-state index in [2.05, 4.69) is 39.2 Å². The number of nitrogens with zero attached hydrogens (tertiary/aromatic N) is 2. The molecule has 4 rings (SSSR count). The lowest BCUT2D eigenvalue weighted by Crippen LogP contribution is -2.31. The molecule has 24 heavy (non-hydrogen) atoms. The van der Waals surface area contributed by atoms with Gasteiger partial charge >= 0.3 is 0 Å². The van der Waals surface area contributed by atoms with Crippen LogP contribution in [-0.2, 0) is 19.4 Å². The van der Waals surface area contributed by atoms with E-state index in [1.165, 1.54) is 28.7 Å². The predicted molar refractivity (Wildman–Crippen MR) is 90.9 cm³/mol. The van der Waals surface area contributed by atoms with Crippen molar-refractivity contribution in [1.29, 1.82) is 0 Å². The second-order valence-corrected chi connectivity index (χ2v) is 5.98. The number of carbonyl (C=O) groups excluding carboxylic acids is 1. The van der Waals surface area contributed by atoms with E-state index < -0.39 is 5.91 Å². The maximum absolute atomic E-state index is 11.4. The number of amides is 1. The summed E-state index contributed by atoms with van der Waals surface area (Å²) in [6.07, 6.45) is 11.9. The van der Waals surface area contributed by atoms with Crippen LogP contribution in [0.4, 0.5) is 5.82 Å². The quantitative estimate of drug-likeness (QED) is 0.585. The molecule has 122 valence electrons. The molecule has 1 aliphatic carbocycles. The number of hydrogen-bond donors (Lipinski definition) is 3. The first-order valence-electron chi connectivity index (χ1n) is 7.97. The minimum Gasteiger partial charge on any atom is -0.360 e. The Labute approximate surface area is 139 Å². The molecule has 1 aliphatic heterocycles. The highest BCUT2D eigenvalue weighted by atomic mass is 16.5. The van der Waals surface area contributed by atoms with Crippen LogP contribution in [0, 0.1) is 0 Å². The summed E-state index contributed by atoms with van der Waals surface area (Å²) in [7, 11) is 0. The van der Waals surface area contributed by atoms with E-state index >= 15 is 0 Å². The fourth-order valence-electron chi connectivity index (χ4n) is 3.35. The summed E-state index contributed by atoms with van der Waals surface area (Å²) in [6.45, 7) is 1.66. The standard InChI is InChI=1S/C18H18N4O2/c23-18(21-24)12-6-7-17(19-10-12)22-9-8-14-13-4-2-1-3-5-15(13)20-16(14)11-22/h1-4,6-7,10,20,24H,5,8-9,11H2,(H,21,23). The van der Waals surface area contributed by atoms with E-state index in [4.69, 9.17) is 5.21 Å². The van der Waals surface area contributed by atoms with Gasteiger partial charge in [0.05, 0.1) is 12.1 Å². The summed E-state index contributed by atoms with van der Waals surface area (Å²) in [6, 6.07) is 3.48. The molecule has 2 aliphatic rings. The average Bonchev–Trinajstić information content (AvgIpc) is 2.81. The smallest absolute Gasteiger partial charge is 0.276 e. The fraction of sp³-hybridized carbons (Fsp3) is 0.222. The zero-order valence-corrected chi connectivity index (χ0v) is 13.1. The van der Waals surface area contributed by atoms with Crippen molar-refractivity contribution in [2.75, 3.05) is 11.4 Å². The molecule has 0 fully saturated rings. The average molecular weight is 322 g/mol. The molecule has 3 N–H and O–H groups in total. The van der Waals surface area contributed by atoms with E-state index in [1.807, 2.05) is 6.07 Å². The number of nitrogens with one attached hydrogen (secondary N) is 2. The number of carbonyl (C=O) groups is 1. The Hall–Kier alpha value is -2.86. The number of hydroxylamine groups is 1. The van der Waals surface area contributed by atoms with Crippen molar-refractivity contribution in [3.63, 3.8) is 0 Å². The fourth-order valence-corrected chi connectivity index (χ4v) is 3.35. The van der Waals surface area contributed by atoms with Gasteiger partial charge in [-0.2, -0.15) is 0 Å². The lowest BCUT2D eigenvalue weighted by Gasteiger charge is -2.28. The molecule has 0 atom stereocenters. The Kier molecular flexibility index (Phi) is 3.66. The Balaban J connectivity index is 1.58. The number of hydrogen-bond acceptors (Lipinski definition) is 4. The van der Waals surface area contributed by atoms with Crippen molar-refractivity contribution in [2.45, 2.75) is 19.4 Å². The van der Waals surface area contributed by atoms with E-state index in [0.29, 0.717) is 5.56 Å². The number of aromatic amines is 1. The van der Waals surface area contributed by atoms with Gasteiger partial charge in [0, 0.05) is 30.6 Å². The summed E-state index contributed by atoms with van der Waals surface area (Å²) in [5, 5.41) is 8.66. The molecule has 0 bridgehead atoms. The molecule has 0 aromatic carbocycles. The number of rotatable bonds is 2. The van der Waals surface area contributed by atoms with Crippen molar-refractivity contribution in [3.8, 4) is 0 Å². The summed E-state index contributed by atoms with van der Waals surface area (Å²) in [4.78, 5) is 21.5. The molecule has 0 spiro atoms. The lowest BCUT2D eigenvalue weighted by atomic mass is 10.0. The molecule has 2 aromatic rings. The summed E-state index contributed by atoms with van der Waals surface area (Å²) < 4.78 is 0. The zero-order valence-electron chi connectivity index (χ0n) is 13.1. The third-order valence-electron chi connectivity index (χ3n) is 4.56. The summed E-state index contributed by atoms with van der Waals surface area (Å²) >= 11 is 0. The second kappa shape index (κ2) is 5.98. The van der Waals surface area contributed by atoms with E-state index in [9.17, 15) is 4.79 Å². The predicted octanol–water partition coefficient (Wildman–Crippen LogP) is 2.22. The Morgan fingerprint density at radius 3 is 3.00 bits per heavy atom. The van der Waals surface area contributed by atoms with Gasteiger partial charge in [0.1, 0.15) is 5.82 Å². The van der Waals surface area contributed by atoms with Crippen LogP contribution in [0.25, 0.3) is 6.08 Å². The van der Waals surface area contributed by atoms with Gasteiger partial charge in [-0.05, 0) is 29.7 Å². The minimum absolute atomic E-state index is 0.336. The van der Waals surface area contributed by atoms with Gasteiger partial charge in [-0.25, -0.2) is 10.5 Å². The van der Waals surface area contributed by atoms with Crippen LogP contribution in [-0.4, -0.2) is 27.6 Å². The Morgan fingerprint density at radius 1 is 1.29 bits per heavy atom. The van der Waals surface area contributed by atoms with Gasteiger partial charge in [0.25, 0.3) is 5.91 Å². The first kappa shape index (κ1) is 14.7. The van der Waals surface area contributed by atoms with Crippen LogP contribution in [0.1, 0.15) is 32.9 Å². The van der Waals surface area contributed by atoms with Gasteiger partial charge in [0.15, 0.2) is 0 Å². The van der Waals surface area contributed by atoms with Gasteiger partial charge in [0.2, 0.25) is 0 Å². The highest BCUT2D eigenvalue weighted by Crippen LogP contribution is 2.29. The maximum atomic E-state index is 11.4. The first-order chi connectivity index (χ1) is 11.8. The van der Waals surface area contributed by atoms with Crippen LogP contribution in [0.15, 0.2) is 36.6 Å². The van der Waals surface area contributed by atoms with Gasteiger partial charge in [-0.15, -0.1) is 0 Å². The molecule has 0 saturated carbocycles. The topological polar surface area (TPSA) is 81.2 Å². The minimum atomic E-state index is -0.553. The van der Waals surface area contributed by atoms with E-state index in [-0.39, 0.29) is 0 Å². The van der Waals surface area contributed by atoms with Crippen molar-refractivity contribution >= 4 is 17.8 Å². The molecule has 0 radical (unpaired) electrons. The molecule has 1 amide bonds. The number of aromatic nitrogens is 2. The number of pyridine rings is 1. The maximum Gasteiger partial charge on any atom is 0.276 e. The van der Waals surface area contributed by atoms with Crippen molar-refractivity contribution in [2.24, 2.45) is 0 Å². The van der Waals surface area contributed by atoms with Gasteiger partial charge < -0.3 is 9.88 Å². The number of fused-ring (bicyclic) bond motifs is 3. The Bertz CT molecular complexity index is 833. The highest BCUT2D eigenvalue weighted by molar-refractivity contribution is 5.93. The first-order valence-corrected chi connectivity index (χ1v) is 7.97. The largest absolute Gasteiger partial charge is 0.360 e. The second-order valence-electron chi connectivity index (χ2n) is 5.98. The molecular formula is C18H18N4O2. The van der Waals surface area contributed by atoms with Crippen LogP contribution in [0.5, 0.6) is 0 Å². The van der Waals surface area contributed by atoms with Crippen LogP contribution in [0.2, 0.25) is 0 Å². The molecule has 6 heteroatoms. The van der Waals surface area contributed by atoms with Crippen LogP contribution in [0.3, 0.4) is 0 Å². The van der Waals surface area contributed by atoms with Crippen LogP contribution < -0.4 is 10.4 Å². The monoisotopic (exact) mass is 322 g/mol. The third kappa shape index (κ3) is 2.51. The van der Waals surface area contributed by atoms with E-state index in [0.717, 1.165) is 31.7 Å². The van der Waals surface area contributed by atoms with Gasteiger partial charge in [-0.1, -0.05) is 24.3 Å². The third-order valence-corrected chi connectivity index (χ3v) is 4.56. The molecule has 0 unspecified atom stereocenters.